The molecule has 2 aromatic rings. The summed E-state index contributed by atoms with van der Waals surface area (Å²) in [6.45, 7) is 0. The van der Waals surface area contributed by atoms with Crippen molar-refractivity contribution < 1.29 is 13.9 Å². The quantitative estimate of drug-likeness (QED) is 0.696. The lowest BCUT2D eigenvalue weighted by molar-refractivity contribution is -0.107. The smallest absolute Gasteiger partial charge is 0.137 e. The Morgan fingerprint density at radius 3 is 3.07 bits per heavy atom. The van der Waals surface area contributed by atoms with Gasteiger partial charge in [-0.3, -0.25) is 0 Å². The van der Waals surface area contributed by atoms with Crippen LogP contribution in [0.15, 0.2) is 28.9 Å². The molecular weight excluding hydrogens is 180 g/mol. The summed E-state index contributed by atoms with van der Waals surface area (Å²) in [7, 11) is 1.58. The van der Waals surface area contributed by atoms with Gasteiger partial charge in [0, 0.05) is 23.4 Å². The molecule has 2 rings (SSSR count). The molecule has 0 saturated carbocycles. The van der Waals surface area contributed by atoms with Crippen LogP contribution in [-0.2, 0) is 11.2 Å². The van der Waals surface area contributed by atoms with Crippen LogP contribution in [0.1, 0.15) is 5.56 Å². The van der Waals surface area contributed by atoms with Gasteiger partial charge in [-0.15, -0.1) is 0 Å². The Hall–Kier alpha value is -1.77. The maximum absolute atomic E-state index is 10.4. The molecule has 0 atom stereocenters. The monoisotopic (exact) mass is 190 g/mol. The van der Waals surface area contributed by atoms with Gasteiger partial charge in [0.25, 0.3) is 0 Å². The molecule has 1 aromatic heterocycles. The van der Waals surface area contributed by atoms with Crippen molar-refractivity contribution in [2.45, 2.75) is 6.42 Å². The highest BCUT2D eigenvalue weighted by Gasteiger charge is 2.06. The van der Waals surface area contributed by atoms with Crippen molar-refractivity contribution in [2.24, 2.45) is 0 Å². The highest BCUT2D eigenvalue weighted by Crippen LogP contribution is 2.26. The minimum Gasteiger partial charge on any atom is -0.496 e. The third-order valence-corrected chi connectivity index (χ3v) is 2.16. The molecule has 3 nitrogen and oxygen atoms in total. The van der Waals surface area contributed by atoms with E-state index >= 15 is 0 Å². The van der Waals surface area contributed by atoms with Crippen LogP contribution < -0.4 is 4.74 Å². The Morgan fingerprint density at radius 1 is 1.50 bits per heavy atom. The van der Waals surface area contributed by atoms with E-state index in [4.69, 9.17) is 9.15 Å². The largest absolute Gasteiger partial charge is 0.496 e. The van der Waals surface area contributed by atoms with E-state index in [0.29, 0.717) is 12.2 Å². The second-order valence-corrected chi connectivity index (χ2v) is 2.99. The predicted octanol–water partition coefficient (Wildman–Crippen LogP) is 2.18. The van der Waals surface area contributed by atoms with Gasteiger partial charge in [-0.05, 0) is 12.1 Å². The molecule has 0 aliphatic rings. The molecule has 0 fully saturated rings. The average molecular weight is 190 g/mol. The van der Waals surface area contributed by atoms with Crippen molar-refractivity contribution in [2.75, 3.05) is 7.11 Å². The van der Waals surface area contributed by atoms with Gasteiger partial charge in [-0.1, -0.05) is 0 Å². The molecule has 3 heteroatoms. The average Bonchev–Trinajstić information content (AvgIpc) is 2.64. The van der Waals surface area contributed by atoms with Crippen LogP contribution in [0.3, 0.4) is 0 Å². The molecule has 72 valence electrons. The summed E-state index contributed by atoms with van der Waals surface area (Å²) in [5, 5.41) is 0.989. The number of ether oxygens (including phenoxy) is 1. The number of fused-ring (bicyclic) bond motifs is 1. The summed E-state index contributed by atoms with van der Waals surface area (Å²) >= 11 is 0. The third-order valence-electron chi connectivity index (χ3n) is 2.16. The van der Waals surface area contributed by atoms with Crippen LogP contribution in [0.2, 0.25) is 0 Å². The van der Waals surface area contributed by atoms with Crippen LogP contribution in [0.4, 0.5) is 0 Å². The first kappa shape index (κ1) is 8.81. The first-order valence-electron chi connectivity index (χ1n) is 4.33. The van der Waals surface area contributed by atoms with E-state index in [-0.39, 0.29) is 0 Å². The maximum atomic E-state index is 10.4. The molecule has 1 heterocycles. The number of hydrogen-bond donors (Lipinski definition) is 0. The van der Waals surface area contributed by atoms with E-state index in [1.54, 1.807) is 19.4 Å². The molecule has 0 unspecified atom stereocenters. The van der Waals surface area contributed by atoms with Crippen molar-refractivity contribution in [1.29, 1.82) is 0 Å². The SMILES string of the molecule is COc1cc2occc2cc1CC=O. The van der Waals surface area contributed by atoms with E-state index in [1.807, 2.05) is 12.1 Å². The minimum atomic E-state index is 0.365. The summed E-state index contributed by atoms with van der Waals surface area (Å²) < 4.78 is 10.4. The predicted molar refractivity (Wildman–Crippen MR) is 52.5 cm³/mol. The molecule has 0 amide bonds. The Balaban J connectivity index is 2.59. The number of aldehydes is 1. The van der Waals surface area contributed by atoms with Gasteiger partial charge in [-0.25, -0.2) is 0 Å². The number of carbonyl (C=O) groups excluding carboxylic acids is 1. The van der Waals surface area contributed by atoms with Gasteiger partial charge >= 0.3 is 0 Å². The van der Waals surface area contributed by atoms with Crippen LogP contribution in [0.5, 0.6) is 5.75 Å². The first-order valence-corrected chi connectivity index (χ1v) is 4.33. The van der Waals surface area contributed by atoms with Crippen molar-refractivity contribution in [3.63, 3.8) is 0 Å². The zero-order chi connectivity index (χ0) is 9.97. The van der Waals surface area contributed by atoms with Crippen LogP contribution in [0.25, 0.3) is 11.0 Å². The molecule has 0 saturated heterocycles. The van der Waals surface area contributed by atoms with E-state index < -0.39 is 0 Å². The molecule has 0 radical (unpaired) electrons. The van der Waals surface area contributed by atoms with Gasteiger partial charge < -0.3 is 13.9 Å². The second kappa shape index (κ2) is 3.54. The summed E-state index contributed by atoms with van der Waals surface area (Å²) in [4.78, 5) is 10.4. The van der Waals surface area contributed by atoms with Gasteiger partial charge in [0.1, 0.15) is 17.6 Å². The first-order chi connectivity index (χ1) is 6.85. The molecule has 0 aliphatic carbocycles. The molecule has 0 spiro atoms. The maximum Gasteiger partial charge on any atom is 0.137 e. The molecule has 0 N–H and O–H groups in total. The number of furan rings is 1. The third kappa shape index (κ3) is 1.37. The molecular formula is C11H10O3. The lowest BCUT2D eigenvalue weighted by Gasteiger charge is -2.05. The van der Waals surface area contributed by atoms with Gasteiger partial charge in [0.05, 0.1) is 13.4 Å². The Labute approximate surface area is 81.3 Å². The molecule has 0 aliphatic heterocycles. The summed E-state index contributed by atoms with van der Waals surface area (Å²) in [5.41, 5.74) is 1.66. The lowest BCUT2D eigenvalue weighted by Crippen LogP contribution is -1.92. The second-order valence-electron chi connectivity index (χ2n) is 2.99. The van der Waals surface area contributed by atoms with Crippen molar-refractivity contribution >= 4 is 17.3 Å². The normalized spacial score (nSPS) is 10.4. The minimum absolute atomic E-state index is 0.365. The number of methoxy groups -OCH3 is 1. The summed E-state index contributed by atoms with van der Waals surface area (Å²) in [5.74, 6) is 0.694. The Bertz CT molecular complexity index is 457. The topological polar surface area (TPSA) is 39.4 Å². The van der Waals surface area contributed by atoms with Crippen LogP contribution >= 0.6 is 0 Å². The van der Waals surface area contributed by atoms with E-state index in [1.165, 1.54) is 0 Å². The summed E-state index contributed by atoms with van der Waals surface area (Å²) in [6.07, 6.45) is 2.85. The van der Waals surface area contributed by atoms with Crippen molar-refractivity contribution in [1.82, 2.24) is 0 Å². The fourth-order valence-electron chi connectivity index (χ4n) is 1.48. The lowest BCUT2D eigenvalue weighted by atomic mass is 10.1. The number of benzene rings is 1. The number of carbonyl (C=O) groups is 1. The van der Waals surface area contributed by atoms with Gasteiger partial charge in [-0.2, -0.15) is 0 Å². The van der Waals surface area contributed by atoms with Crippen LogP contribution in [-0.4, -0.2) is 13.4 Å². The van der Waals surface area contributed by atoms with Crippen LogP contribution in [0, 0.1) is 0 Å². The molecule has 0 bridgehead atoms. The molecule has 14 heavy (non-hydrogen) atoms. The zero-order valence-electron chi connectivity index (χ0n) is 7.82. The Kier molecular flexibility index (Phi) is 2.23. The van der Waals surface area contributed by atoms with E-state index in [9.17, 15) is 4.79 Å². The number of hydrogen-bond acceptors (Lipinski definition) is 3. The fourth-order valence-corrected chi connectivity index (χ4v) is 1.48. The molecule has 1 aromatic carbocycles. The van der Waals surface area contributed by atoms with E-state index in [2.05, 4.69) is 0 Å². The van der Waals surface area contributed by atoms with Gasteiger partial charge in [0.2, 0.25) is 0 Å². The summed E-state index contributed by atoms with van der Waals surface area (Å²) in [6, 6.07) is 5.57. The standard InChI is InChI=1S/C11H10O3/c1-13-10-7-11-9(3-5-14-11)6-8(10)2-4-12/h3-7H,2H2,1H3. The van der Waals surface area contributed by atoms with Crippen molar-refractivity contribution in [3.05, 3.63) is 30.0 Å². The highest BCUT2D eigenvalue weighted by atomic mass is 16.5. The van der Waals surface area contributed by atoms with Gasteiger partial charge in [0.15, 0.2) is 0 Å². The fraction of sp³-hybridized carbons (Fsp3) is 0.182. The Morgan fingerprint density at radius 2 is 2.36 bits per heavy atom. The van der Waals surface area contributed by atoms with E-state index in [0.717, 1.165) is 22.8 Å². The highest BCUT2D eigenvalue weighted by molar-refractivity contribution is 5.81. The van der Waals surface area contributed by atoms with Crippen molar-refractivity contribution in [3.8, 4) is 5.75 Å². The zero-order valence-corrected chi connectivity index (χ0v) is 7.82. The number of rotatable bonds is 3.